The number of hydrogen-bond donors (Lipinski definition) is 1. The Morgan fingerprint density at radius 3 is 2.73 bits per heavy atom. The van der Waals surface area contributed by atoms with Crippen LogP contribution in [0, 0.1) is 6.92 Å². The van der Waals surface area contributed by atoms with E-state index in [9.17, 15) is 4.79 Å². The molecule has 0 aliphatic carbocycles. The second kappa shape index (κ2) is 7.96. The highest BCUT2D eigenvalue weighted by Crippen LogP contribution is 2.26. The van der Waals surface area contributed by atoms with Crippen LogP contribution in [0.4, 0.5) is 5.69 Å². The summed E-state index contributed by atoms with van der Waals surface area (Å²) in [5.41, 5.74) is 1.23. The smallest absolute Gasteiger partial charge is 0.292 e. The third-order valence-corrected chi connectivity index (χ3v) is 5.53. The first kappa shape index (κ1) is 19.2. The molecular formula is C18H21Cl2N3O3. The molecule has 1 fully saturated rings. The number of nitrogens with zero attached hydrogens (tertiary/aromatic N) is 2. The van der Waals surface area contributed by atoms with E-state index >= 15 is 0 Å². The molecule has 1 aliphatic rings. The van der Waals surface area contributed by atoms with Crippen molar-refractivity contribution in [2.45, 2.75) is 25.4 Å². The van der Waals surface area contributed by atoms with Gasteiger partial charge in [-0.1, -0.05) is 29.3 Å². The fraction of sp³-hybridized carbons (Fsp3) is 0.444. The number of methoxy groups -OCH3 is 1. The lowest BCUT2D eigenvalue weighted by atomic mass is 9.94. The number of anilines is 1. The van der Waals surface area contributed by atoms with E-state index in [0.717, 1.165) is 18.4 Å². The largest absolute Gasteiger partial charge is 0.381 e. The molecule has 0 bridgehead atoms. The molecule has 140 valence electrons. The molecule has 6 nitrogen and oxygen atoms in total. The fourth-order valence-corrected chi connectivity index (χ4v) is 3.28. The van der Waals surface area contributed by atoms with Crippen molar-refractivity contribution >= 4 is 28.9 Å². The average molecular weight is 398 g/mol. The van der Waals surface area contributed by atoms with E-state index in [0.29, 0.717) is 36.2 Å². The van der Waals surface area contributed by atoms with E-state index in [-0.39, 0.29) is 10.6 Å². The molecule has 2 heterocycles. The van der Waals surface area contributed by atoms with E-state index in [4.69, 9.17) is 32.7 Å². The molecule has 0 amide bonds. The topological polar surface area (TPSA) is 65.4 Å². The minimum Gasteiger partial charge on any atom is -0.381 e. The highest BCUT2D eigenvalue weighted by molar-refractivity contribution is 6.33. The summed E-state index contributed by atoms with van der Waals surface area (Å²) in [5.74, 6) is 0. The highest BCUT2D eigenvalue weighted by atomic mass is 35.5. The van der Waals surface area contributed by atoms with Gasteiger partial charge in [-0.05, 0) is 24.6 Å². The van der Waals surface area contributed by atoms with Crippen LogP contribution < -0.4 is 10.9 Å². The number of rotatable bonds is 5. The maximum atomic E-state index is 12.6. The Hall–Kier alpha value is -1.60. The summed E-state index contributed by atoms with van der Waals surface area (Å²) in [4.78, 5) is 12.6. The number of ether oxygens (including phenoxy) is 2. The van der Waals surface area contributed by atoms with Crippen LogP contribution in [0.15, 0.2) is 29.2 Å². The summed E-state index contributed by atoms with van der Waals surface area (Å²) in [6.45, 7) is 3.72. The van der Waals surface area contributed by atoms with Crippen molar-refractivity contribution in [3.05, 3.63) is 50.4 Å². The van der Waals surface area contributed by atoms with Gasteiger partial charge in [-0.15, -0.1) is 0 Å². The molecule has 2 aromatic rings. The van der Waals surface area contributed by atoms with Crippen LogP contribution in [-0.2, 0) is 9.47 Å². The molecule has 3 rings (SSSR count). The van der Waals surface area contributed by atoms with Crippen LogP contribution in [0.5, 0.6) is 0 Å². The van der Waals surface area contributed by atoms with Crippen molar-refractivity contribution in [3.8, 4) is 5.69 Å². The van der Waals surface area contributed by atoms with Crippen molar-refractivity contribution in [2.24, 2.45) is 0 Å². The quantitative estimate of drug-likeness (QED) is 0.836. The predicted molar refractivity (Wildman–Crippen MR) is 103 cm³/mol. The van der Waals surface area contributed by atoms with Crippen LogP contribution in [0.2, 0.25) is 10.0 Å². The normalized spacial score (nSPS) is 16.5. The van der Waals surface area contributed by atoms with Gasteiger partial charge in [0.05, 0.1) is 23.2 Å². The molecule has 1 aromatic heterocycles. The minimum atomic E-state index is -0.407. The van der Waals surface area contributed by atoms with E-state index in [1.54, 1.807) is 25.4 Å². The Bertz CT molecular complexity index is 848. The van der Waals surface area contributed by atoms with Crippen molar-refractivity contribution in [2.75, 3.05) is 32.2 Å². The molecule has 0 atom stereocenters. The first-order valence-electron chi connectivity index (χ1n) is 8.37. The second-order valence-corrected chi connectivity index (χ2v) is 7.16. The lowest BCUT2D eigenvalue weighted by Gasteiger charge is -2.36. The van der Waals surface area contributed by atoms with Crippen LogP contribution >= 0.6 is 23.2 Å². The molecule has 0 saturated carbocycles. The Labute approximate surface area is 162 Å². The van der Waals surface area contributed by atoms with Gasteiger partial charge < -0.3 is 14.8 Å². The van der Waals surface area contributed by atoms with Crippen LogP contribution in [0.1, 0.15) is 18.4 Å². The molecule has 8 heteroatoms. The Morgan fingerprint density at radius 2 is 2.08 bits per heavy atom. The van der Waals surface area contributed by atoms with Gasteiger partial charge >= 0.3 is 0 Å². The maximum absolute atomic E-state index is 12.6. The molecule has 26 heavy (non-hydrogen) atoms. The van der Waals surface area contributed by atoms with Gasteiger partial charge in [0.1, 0.15) is 5.02 Å². The first-order valence-corrected chi connectivity index (χ1v) is 9.12. The van der Waals surface area contributed by atoms with Crippen molar-refractivity contribution in [1.82, 2.24) is 9.78 Å². The number of aryl methyl sites for hydroxylation is 1. The number of benzene rings is 1. The van der Waals surface area contributed by atoms with Crippen molar-refractivity contribution in [1.29, 1.82) is 0 Å². The van der Waals surface area contributed by atoms with E-state index in [2.05, 4.69) is 10.4 Å². The second-order valence-electron chi connectivity index (χ2n) is 6.38. The van der Waals surface area contributed by atoms with Gasteiger partial charge in [0.2, 0.25) is 0 Å². The summed E-state index contributed by atoms with van der Waals surface area (Å²) in [6, 6.07) is 5.30. The molecule has 1 N–H and O–H groups in total. The van der Waals surface area contributed by atoms with Gasteiger partial charge in [0, 0.05) is 44.7 Å². The molecule has 1 saturated heterocycles. The average Bonchev–Trinajstić information content (AvgIpc) is 2.66. The van der Waals surface area contributed by atoms with E-state index < -0.39 is 5.56 Å². The predicted octanol–water partition coefficient (Wildman–Crippen LogP) is 3.46. The third-order valence-electron chi connectivity index (χ3n) is 4.76. The fourth-order valence-electron chi connectivity index (χ4n) is 2.91. The van der Waals surface area contributed by atoms with Gasteiger partial charge in [-0.2, -0.15) is 9.78 Å². The van der Waals surface area contributed by atoms with Crippen LogP contribution in [0.3, 0.4) is 0 Å². The molecular weight excluding hydrogens is 377 g/mol. The summed E-state index contributed by atoms with van der Waals surface area (Å²) in [6.07, 6.45) is 3.10. The number of aromatic nitrogens is 2. The van der Waals surface area contributed by atoms with Crippen LogP contribution in [0.25, 0.3) is 5.69 Å². The van der Waals surface area contributed by atoms with Crippen molar-refractivity contribution in [3.63, 3.8) is 0 Å². The standard InChI is InChI=1S/C18H21Cl2N3O3/c1-12-3-4-13(9-14(12)19)23-17(24)16(20)15(10-22-23)21-11-18(25-2)5-7-26-8-6-18/h3-4,9-10,21H,5-8,11H2,1-2H3. The van der Waals surface area contributed by atoms with Gasteiger partial charge in [-0.3, -0.25) is 4.79 Å². The summed E-state index contributed by atoms with van der Waals surface area (Å²) < 4.78 is 12.3. The summed E-state index contributed by atoms with van der Waals surface area (Å²) in [7, 11) is 1.69. The van der Waals surface area contributed by atoms with Gasteiger partial charge in [-0.25, -0.2) is 0 Å². The minimum absolute atomic E-state index is 0.0787. The number of hydrogen-bond acceptors (Lipinski definition) is 5. The first-order chi connectivity index (χ1) is 12.5. The van der Waals surface area contributed by atoms with Gasteiger partial charge in [0.25, 0.3) is 5.56 Å². The SMILES string of the molecule is COC1(CNc2cnn(-c3ccc(C)c(Cl)c3)c(=O)c2Cl)CCOCC1. The molecule has 0 unspecified atom stereocenters. The Balaban J connectivity index is 1.83. The monoisotopic (exact) mass is 397 g/mol. The molecule has 0 radical (unpaired) electrons. The van der Waals surface area contributed by atoms with E-state index in [1.807, 2.05) is 13.0 Å². The number of nitrogens with one attached hydrogen (secondary N) is 1. The van der Waals surface area contributed by atoms with Crippen molar-refractivity contribution < 1.29 is 9.47 Å². The maximum Gasteiger partial charge on any atom is 0.292 e. The van der Waals surface area contributed by atoms with Crippen LogP contribution in [-0.4, -0.2) is 42.2 Å². The van der Waals surface area contributed by atoms with E-state index in [1.165, 1.54) is 4.68 Å². The van der Waals surface area contributed by atoms with Gasteiger partial charge in [0.15, 0.2) is 0 Å². The third kappa shape index (κ3) is 3.88. The molecule has 0 spiro atoms. The highest BCUT2D eigenvalue weighted by Gasteiger charge is 2.32. The summed E-state index contributed by atoms with van der Waals surface area (Å²) in [5, 5.41) is 8.07. The lowest BCUT2D eigenvalue weighted by molar-refractivity contribution is -0.0807. The summed E-state index contributed by atoms with van der Waals surface area (Å²) >= 11 is 12.4. The Morgan fingerprint density at radius 1 is 1.35 bits per heavy atom. The number of halogens is 2. The Kier molecular flexibility index (Phi) is 5.87. The zero-order chi connectivity index (χ0) is 18.7. The molecule has 1 aromatic carbocycles. The lowest BCUT2D eigenvalue weighted by Crippen LogP contribution is -2.44. The molecule has 1 aliphatic heterocycles. The zero-order valence-electron chi connectivity index (χ0n) is 14.7. The zero-order valence-corrected chi connectivity index (χ0v) is 16.2.